The van der Waals surface area contributed by atoms with Gasteiger partial charge in [-0.1, -0.05) is 29.3 Å². The molecule has 8 nitrogen and oxygen atoms in total. The first kappa shape index (κ1) is 27.8. The Morgan fingerprint density at radius 3 is 2.86 bits per heavy atom. The highest BCUT2D eigenvalue weighted by molar-refractivity contribution is 6.29. The Hall–Kier alpha value is -3.46. The first-order chi connectivity index (χ1) is 16.7. The van der Waals surface area contributed by atoms with Gasteiger partial charge in [0.2, 0.25) is 11.8 Å². The fourth-order valence-corrected chi connectivity index (χ4v) is 3.52. The second-order valence-electron chi connectivity index (χ2n) is 7.83. The molecule has 2 amide bonds. The van der Waals surface area contributed by atoms with Crippen molar-refractivity contribution < 1.29 is 23.5 Å². The second kappa shape index (κ2) is 14.1. The third kappa shape index (κ3) is 9.74. The van der Waals surface area contributed by atoms with Crippen molar-refractivity contribution in [2.24, 2.45) is 0 Å². The molecule has 0 spiro atoms. The lowest BCUT2D eigenvalue weighted by Gasteiger charge is -2.27. The van der Waals surface area contributed by atoms with Gasteiger partial charge in [0.25, 0.3) is 0 Å². The molecule has 0 aliphatic heterocycles. The number of nitrogens with one attached hydrogen (secondary N) is 1. The van der Waals surface area contributed by atoms with Crippen molar-refractivity contribution in [2.75, 3.05) is 25.4 Å². The van der Waals surface area contributed by atoms with E-state index in [1.807, 2.05) is 6.92 Å². The van der Waals surface area contributed by atoms with Crippen LogP contribution in [0.15, 0.2) is 54.0 Å². The van der Waals surface area contributed by atoms with Gasteiger partial charge < -0.3 is 20.7 Å². The molecule has 35 heavy (non-hydrogen) atoms. The van der Waals surface area contributed by atoms with Gasteiger partial charge in [-0.25, -0.2) is 9.37 Å². The number of pyridine rings is 1. The lowest BCUT2D eigenvalue weighted by molar-refractivity contribution is -0.141. The molecule has 188 valence electrons. The van der Waals surface area contributed by atoms with Gasteiger partial charge in [-0.3, -0.25) is 14.4 Å². The number of likely N-dealkylation sites (N-methyl/N-ethyl adjacent to an activating group) is 1. The zero-order chi connectivity index (χ0) is 25.8. The van der Waals surface area contributed by atoms with Crippen LogP contribution in [0.4, 0.5) is 10.1 Å². The molecule has 0 saturated heterocycles. The van der Waals surface area contributed by atoms with E-state index in [0.29, 0.717) is 37.2 Å². The minimum atomic E-state index is -0.881. The van der Waals surface area contributed by atoms with Gasteiger partial charge in [0, 0.05) is 31.7 Å². The van der Waals surface area contributed by atoms with E-state index >= 15 is 0 Å². The molecule has 1 aromatic rings. The highest BCUT2D eigenvalue weighted by atomic mass is 35.5. The SMILES string of the molecule is CCN(CCCOC(C)=O)C(=O)[C@H](CC1=CC=C(F)C=CC1)NC(=O)/C=C/c1cc(Cl)ncc1N. The molecule has 1 heterocycles. The molecule has 1 aliphatic rings. The highest BCUT2D eigenvalue weighted by Gasteiger charge is 2.25. The van der Waals surface area contributed by atoms with E-state index in [1.54, 1.807) is 17.1 Å². The molecule has 2 rings (SSSR count). The van der Waals surface area contributed by atoms with Gasteiger partial charge >= 0.3 is 5.97 Å². The minimum Gasteiger partial charge on any atom is -0.466 e. The molecule has 1 aromatic heterocycles. The molecule has 0 bridgehead atoms. The minimum absolute atomic E-state index is 0.189. The van der Waals surface area contributed by atoms with Gasteiger partial charge in [0.15, 0.2) is 0 Å². The normalized spacial score (nSPS) is 14.1. The number of nitrogens with two attached hydrogens (primary N) is 1. The number of amides is 2. The summed E-state index contributed by atoms with van der Waals surface area (Å²) in [5.41, 5.74) is 7.51. The van der Waals surface area contributed by atoms with Gasteiger partial charge in [-0.2, -0.15) is 0 Å². The molecule has 0 saturated carbocycles. The number of aromatic nitrogens is 1. The predicted octanol–water partition coefficient (Wildman–Crippen LogP) is 3.75. The van der Waals surface area contributed by atoms with E-state index in [0.717, 1.165) is 5.57 Å². The van der Waals surface area contributed by atoms with E-state index < -0.39 is 11.9 Å². The Labute approximate surface area is 209 Å². The fraction of sp³-hybridized carbons (Fsp3) is 0.360. The number of ether oxygens (including phenoxy) is 1. The molecule has 0 aromatic carbocycles. The Morgan fingerprint density at radius 2 is 2.14 bits per heavy atom. The number of hydrogen-bond acceptors (Lipinski definition) is 6. The number of carbonyl (C=O) groups excluding carboxylic acids is 3. The first-order valence-corrected chi connectivity index (χ1v) is 11.6. The summed E-state index contributed by atoms with van der Waals surface area (Å²) in [4.78, 5) is 42.5. The number of nitrogens with zero attached hydrogens (tertiary/aromatic N) is 2. The molecular formula is C25H30ClFN4O4. The summed E-state index contributed by atoms with van der Waals surface area (Å²) in [6.07, 6.45) is 11.2. The average molecular weight is 505 g/mol. The lowest BCUT2D eigenvalue weighted by Crippen LogP contribution is -2.48. The number of hydrogen-bond donors (Lipinski definition) is 2. The molecule has 10 heteroatoms. The van der Waals surface area contributed by atoms with Crippen LogP contribution in [0.5, 0.6) is 0 Å². The number of carbonyl (C=O) groups is 3. The predicted molar refractivity (Wildman–Crippen MR) is 134 cm³/mol. The maximum Gasteiger partial charge on any atom is 0.302 e. The summed E-state index contributed by atoms with van der Waals surface area (Å²) < 4.78 is 18.5. The topological polar surface area (TPSA) is 115 Å². The summed E-state index contributed by atoms with van der Waals surface area (Å²) in [5.74, 6) is -1.56. The first-order valence-electron chi connectivity index (χ1n) is 11.2. The fourth-order valence-electron chi connectivity index (χ4n) is 3.36. The van der Waals surface area contributed by atoms with Crippen molar-refractivity contribution in [3.63, 3.8) is 0 Å². The molecule has 3 N–H and O–H groups in total. The van der Waals surface area contributed by atoms with Crippen molar-refractivity contribution in [1.29, 1.82) is 0 Å². The Kier molecular flexibility index (Phi) is 11.2. The molecule has 0 unspecified atom stereocenters. The van der Waals surface area contributed by atoms with Crippen LogP contribution in [-0.4, -0.2) is 53.4 Å². The number of halogens is 2. The van der Waals surface area contributed by atoms with E-state index in [2.05, 4.69) is 10.3 Å². The van der Waals surface area contributed by atoms with E-state index in [4.69, 9.17) is 22.1 Å². The number of allylic oxidation sites excluding steroid dienone is 5. The number of rotatable bonds is 11. The van der Waals surface area contributed by atoms with Crippen LogP contribution in [0.1, 0.15) is 38.7 Å². The van der Waals surface area contributed by atoms with E-state index in [1.165, 1.54) is 43.5 Å². The average Bonchev–Trinajstić information content (AvgIpc) is 3.02. The van der Waals surface area contributed by atoms with Crippen molar-refractivity contribution in [3.8, 4) is 0 Å². The number of anilines is 1. The van der Waals surface area contributed by atoms with Crippen LogP contribution >= 0.6 is 11.6 Å². The van der Waals surface area contributed by atoms with Crippen LogP contribution in [0.2, 0.25) is 5.15 Å². The van der Waals surface area contributed by atoms with Crippen LogP contribution in [0, 0.1) is 0 Å². The Balaban J connectivity index is 2.17. The lowest BCUT2D eigenvalue weighted by atomic mass is 10.0. The zero-order valence-corrected chi connectivity index (χ0v) is 20.6. The number of esters is 1. The standard InChI is InChI=1S/C25H30ClFN4O4/c1-3-31(12-5-13-35-17(2)32)25(34)22(14-18-6-4-7-20(27)10-8-18)30-24(33)11-9-19-15-23(26)29-16-21(19)28/h4,7-11,15-16,22H,3,5-6,12-14,28H2,1-2H3,(H,30,33)/b11-9+/t22-/m0/s1. The van der Waals surface area contributed by atoms with Crippen molar-refractivity contribution in [3.05, 3.63) is 64.8 Å². The van der Waals surface area contributed by atoms with Crippen LogP contribution in [0.3, 0.4) is 0 Å². The summed E-state index contributed by atoms with van der Waals surface area (Å²) in [6, 6.07) is 0.642. The van der Waals surface area contributed by atoms with Gasteiger partial charge in [0.05, 0.1) is 18.5 Å². The van der Waals surface area contributed by atoms with Crippen molar-refractivity contribution in [2.45, 2.75) is 39.2 Å². The second-order valence-corrected chi connectivity index (χ2v) is 8.22. The van der Waals surface area contributed by atoms with Gasteiger partial charge in [-0.05, 0) is 50.5 Å². The van der Waals surface area contributed by atoms with E-state index in [-0.39, 0.29) is 35.9 Å². The van der Waals surface area contributed by atoms with Crippen molar-refractivity contribution >= 4 is 41.1 Å². The molecule has 0 radical (unpaired) electrons. The third-order valence-electron chi connectivity index (χ3n) is 5.14. The van der Waals surface area contributed by atoms with E-state index in [9.17, 15) is 18.8 Å². The number of nitrogen functional groups attached to an aromatic ring is 1. The summed E-state index contributed by atoms with van der Waals surface area (Å²) in [6.45, 7) is 4.09. The monoisotopic (exact) mass is 504 g/mol. The molecular weight excluding hydrogens is 475 g/mol. The quantitative estimate of drug-likeness (QED) is 0.205. The van der Waals surface area contributed by atoms with Crippen molar-refractivity contribution in [1.82, 2.24) is 15.2 Å². The smallest absolute Gasteiger partial charge is 0.302 e. The molecule has 1 atom stereocenters. The zero-order valence-electron chi connectivity index (χ0n) is 19.8. The molecule has 1 aliphatic carbocycles. The Morgan fingerprint density at radius 1 is 1.37 bits per heavy atom. The molecule has 0 fully saturated rings. The summed E-state index contributed by atoms with van der Waals surface area (Å²) in [7, 11) is 0. The maximum absolute atomic E-state index is 13.6. The summed E-state index contributed by atoms with van der Waals surface area (Å²) in [5, 5.41) is 2.98. The Bertz CT molecular complexity index is 1050. The van der Waals surface area contributed by atoms with Gasteiger partial charge in [-0.15, -0.1) is 0 Å². The van der Waals surface area contributed by atoms with Crippen LogP contribution < -0.4 is 11.1 Å². The third-order valence-corrected chi connectivity index (χ3v) is 5.34. The van der Waals surface area contributed by atoms with Gasteiger partial charge in [0.1, 0.15) is 17.0 Å². The van der Waals surface area contributed by atoms with Crippen LogP contribution in [-0.2, 0) is 19.1 Å². The highest BCUT2D eigenvalue weighted by Crippen LogP contribution is 2.19. The summed E-state index contributed by atoms with van der Waals surface area (Å²) >= 11 is 5.89. The maximum atomic E-state index is 13.6. The van der Waals surface area contributed by atoms with Crippen LogP contribution in [0.25, 0.3) is 6.08 Å². The largest absolute Gasteiger partial charge is 0.466 e.